The van der Waals surface area contributed by atoms with E-state index in [0.717, 1.165) is 0 Å². The van der Waals surface area contributed by atoms with E-state index in [-0.39, 0.29) is 27.5 Å². The predicted molar refractivity (Wildman–Crippen MR) is 124 cm³/mol. The maximum atomic E-state index is 14.8. The first kappa shape index (κ1) is 22.3. The number of H-pyrrole nitrogens is 1. The van der Waals surface area contributed by atoms with Gasteiger partial charge in [-0.05, 0) is 29.8 Å². The summed E-state index contributed by atoms with van der Waals surface area (Å²) in [5, 5.41) is 6.82. The number of aromatic nitrogens is 3. The third-order valence-electron chi connectivity index (χ3n) is 5.04. The van der Waals surface area contributed by atoms with Crippen LogP contribution in [0.3, 0.4) is 0 Å². The van der Waals surface area contributed by atoms with Crippen molar-refractivity contribution in [2.24, 2.45) is 0 Å². The molecule has 2 aromatic heterocycles. The molecule has 0 fully saturated rings. The summed E-state index contributed by atoms with van der Waals surface area (Å²) >= 11 is 6.48. The number of halogens is 2. The van der Waals surface area contributed by atoms with Crippen molar-refractivity contribution in [2.45, 2.75) is 0 Å². The Morgan fingerprint density at radius 2 is 1.55 bits per heavy atom. The Morgan fingerprint density at radius 1 is 0.879 bits per heavy atom. The van der Waals surface area contributed by atoms with Crippen LogP contribution in [0.4, 0.5) is 4.39 Å². The maximum absolute atomic E-state index is 14.8. The van der Waals surface area contributed by atoms with Crippen molar-refractivity contribution < 1.29 is 18.6 Å². The van der Waals surface area contributed by atoms with Gasteiger partial charge in [0, 0.05) is 23.3 Å². The summed E-state index contributed by atoms with van der Waals surface area (Å²) in [5.41, 5.74) is 0.976. The molecule has 1 N–H and O–H groups in total. The number of aromatic amines is 1. The lowest BCUT2D eigenvalue weighted by atomic mass is 9.93. The lowest BCUT2D eigenvalue weighted by Gasteiger charge is -2.16. The van der Waals surface area contributed by atoms with Crippen LogP contribution in [0.2, 0.25) is 5.02 Å². The van der Waals surface area contributed by atoms with Gasteiger partial charge in [-0.1, -0.05) is 23.7 Å². The smallest absolute Gasteiger partial charge is 0.274 e. The molecule has 2 heterocycles. The molecule has 0 spiro atoms. The fraction of sp³-hybridized carbons (Fsp3) is 0.125. The van der Waals surface area contributed by atoms with Gasteiger partial charge >= 0.3 is 0 Å². The molecule has 0 unspecified atom stereocenters. The highest BCUT2D eigenvalue weighted by atomic mass is 35.5. The minimum atomic E-state index is -0.550. The van der Waals surface area contributed by atoms with Crippen LogP contribution in [0, 0.1) is 5.82 Å². The molecule has 0 atom stereocenters. The number of ether oxygens (including phenoxy) is 3. The molecule has 0 bridgehead atoms. The van der Waals surface area contributed by atoms with Crippen LogP contribution < -0.4 is 19.8 Å². The van der Waals surface area contributed by atoms with E-state index in [1.54, 1.807) is 42.5 Å². The van der Waals surface area contributed by atoms with E-state index in [1.807, 2.05) is 0 Å². The molecule has 0 aliphatic rings. The average Bonchev–Trinajstić information content (AvgIpc) is 2.84. The van der Waals surface area contributed by atoms with Gasteiger partial charge in [0.05, 0.1) is 43.8 Å². The van der Waals surface area contributed by atoms with Gasteiger partial charge in [-0.2, -0.15) is 5.10 Å². The second kappa shape index (κ2) is 9.30. The molecule has 0 saturated carbocycles. The molecule has 0 radical (unpaired) electrons. The number of rotatable bonds is 6. The van der Waals surface area contributed by atoms with E-state index >= 15 is 0 Å². The molecule has 0 amide bonds. The summed E-state index contributed by atoms with van der Waals surface area (Å²) in [5.74, 6) is 0.869. The topological polar surface area (TPSA) is 86.3 Å². The highest BCUT2D eigenvalue weighted by Gasteiger charge is 2.24. The van der Waals surface area contributed by atoms with Gasteiger partial charge in [0.15, 0.2) is 0 Å². The van der Waals surface area contributed by atoms with Crippen LogP contribution in [0.5, 0.6) is 17.2 Å². The van der Waals surface area contributed by atoms with E-state index in [9.17, 15) is 9.18 Å². The second-order valence-corrected chi connectivity index (χ2v) is 7.35. The molecule has 7 nitrogen and oxygen atoms in total. The molecule has 0 aliphatic carbocycles. The van der Waals surface area contributed by atoms with Crippen molar-refractivity contribution in [2.75, 3.05) is 21.3 Å². The number of hydrogen-bond acceptors (Lipinski definition) is 6. The van der Waals surface area contributed by atoms with E-state index in [0.29, 0.717) is 28.4 Å². The molecule has 4 rings (SSSR count). The van der Waals surface area contributed by atoms with Crippen LogP contribution >= 0.6 is 11.6 Å². The third kappa shape index (κ3) is 4.25. The summed E-state index contributed by atoms with van der Waals surface area (Å²) in [6, 6.07) is 12.8. The lowest BCUT2D eigenvalue weighted by Crippen LogP contribution is -2.15. The number of nitrogens with zero attached hydrogens (tertiary/aromatic N) is 2. The number of benzene rings is 2. The SMILES string of the molecule is COc1cc(OC)cc(-c2c(-c3ccccc3F)n[nH]c(=O)c2-c2ncc(OC)cc2Cl)c1. The van der Waals surface area contributed by atoms with Crippen LogP contribution in [0.25, 0.3) is 33.6 Å². The standard InChI is InChI=1S/C24H19ClFN3O4/c1-31-14-8-13(9-15(10-14)32-2)20-21(23-18(25)11-16(33-3)12-27-23)24(30)29-28-22(20)17-6-4-5-7-19(17)26/h4-12H,1-3H3,(H,29,30). The van der Waals surface area contributed by atoms with Crippen molar-refractivity contribution in [1.82, 2.24) is 15.2 Å². The number of methoxy groups -OCH3 is 3. The average molecular weight is 468 g/mol. The van der Waals surface area contributed by atoms with Gasteiger partial charge in [0.25, 0.3) is 5.56 Å². The van der Waals surface area contributed by atoms with Gasteiger partial charge in [0.2, 0.25) is 0 Å². The normalized spacial score (nSPS) is 10.7. The fourth-order valence-corrected chi connectivity index (χ4v) is 3.72. The molecule has 0 aliphatic heterocycles. The van der Waals surface area contributed by atoms with E-state index in [4.69, 9.17) is 25.8 Å². The second-order valence-electron chi connectivity index (χ2n) is 6.94. The van der Waals surface area contributed by atoms with Crippen LogP contribution in [-0.4, -0.2) is 36.5 Å². The quantitative estimate of drug-likeness (QED) is 0.430. The number of pyridine rings is 1. The molecule has 168 valence electrons. The lowest BCUT2D eigenvalue weighted by molar-refractivity contribution is 0.394. The van der Waals surface area contributed by atoms with Gasteiger partial charge in [-0.15, -0.1) is 0 Å². The Hall–Kier alpha value is -3.91. The predicted octanol–water partition coefficient (Wildman–Crippen LogP) is 4.98. The van der Waals surface area contributed by atoms with Crippen LogP contribution in [-0.2, 0) is 0 Å². The molecular formula is C24H19ClFN3O4. The van der Waals surface area contributed by atoms with Gasteiger partial charge in [-0.25, -0.2) is 9.49 Å². The highest BCUT2D eigenvalue weighted by molar-refractivity contribution is 6.33. The first-order valence-electron chi connectivity index (χ1n) is 9.77. The first-order valence-corrected chi connectivity index (χ1v) is 10.2. The van der Waals surface area contributed by atoms with Crippen molar-refractivity contribution >= 4 is 11.6 Å². The van der Waals surface area contributed by atoms with E-state index < -0.39 is 11.4 Å². The Balaban J connectivity index is 2.14. The maximum Gasteiger partial charge on any atom is 0.274 e. The van der Waals surface area contributed by atoms with E-state index in [1.165, 1.54) is 33.6 Å². The summed E-state index contributed by atoms with van der Waals surface area (Å²) in [7, 11) is 4.50. The fourth-order valence-electron chi connectivity index (χ4n) is 3.47. The molecule has 4 aromatic rings. The number of hydrogen-bond donors (Lipinski definition) is 1. The summed E-state index contributed by atoms with van der Waals surface area (Å²) in [6.07, 6.45) is 1.44. The minimum Gasteiger partial charge on any atom is -0.497 e. The van der Waals surface area contributed by atoms with Crippen molar-refractivity contribution in [3.63, 3.8) is 0 Å². The summed E-state index contributed by atoms with van der Waals surface area (Å²) < 4.78 is 30.8. The van der Waals surface area contributed by atoms with Gasteiger partial charge < -0.3 is 14.2 Å². The molecule has 33 heavy (non-hydrogen) atoms. The Bertz CT molecular complexity index is 1370. The van der Waals surface area contributed by atoms with Crippen molar-refractivity contribution in [3.8, 4) is 50.9 Å². The zero-order valence-corrected chi connectivity index (χ0v) is 18.7. The molecule has 9 heteroatoms. The van der Waals surface area contributed by atoms with Gasteiger partial charge in [0.1, 0.15) is 28.8 Å². The van der Waals surface area contributed by atoms with Crippen molar-refractivity contribution in [3.05, 3.63) is 75.9 Å². The molecule has 0 saturated heterocycles. The zero-order valence-electron chi connectivity index (χ0n) is 18.0. The Morgan fingerprint density at radius 3 is 2.15 bits per heavy atom. The minimum absolute atomic E-state index is 0.117. The zero-order chi connectivity index (χ0) is 23.5. The monoisotopic (exact) mass is 467 g/mol. The first-order chi connectivity index (χ1) is 16.0. The summed E-state index contributed by atoms with van der Waals surface area (Å²) in [6.45, 7) is 0. The number of nitrogens with one attached hydrogen (secondary N) is 1. The largest absolute Gasteiger partial charge is 0.497 e. The Labute approximate surface area is 193 Å². The van der Waals surface area contributed by atoms with Crippen LogP contribution in [0.1, 0.15) is 0 Å². The van der Waals surface area contributed by atoms with Crippen LogP contribution in [0.15, 0.2) is 59.5 Å². The summed E-state index contributed by atoms with van der Waals surface area (Å²) in [4.78, 5) is 17.4. The van der Waals surface area contributed by atoms with Gasteiger partial charge in [-0.3, -0.25) is 9.78 Å². The Kier molecular flexibility index (Phi) is 6.28. The van der Waals surface area contributed by atoms with E-state index in [2.05, 4.69) is 15.2 Å². The molecule has 2 aromatic carbocycles. The van der Waals surface area contributed by atoms with Crippen molar-refractivity contribution in [1.29, 1.82) is 0 Å². The molecular weight excluding hydrogens is 449 g/mol. The highest BCUT2D eigenvalue weighted by Crippen LogP contribution is 2.41. The third-order valence-corrected chi connectivity index (χ3v) is 5.33.